The lowest BCUT2D eigenvalue weighted by Crippen LogP contribution is -2.20. The molecule has 1 rings (SSSR count). The monoisotopic (exact) mass is 404 g/mol. The first-order valence-corrected chi connectivity index (χ1v) is 11.3. The van der Waals surface area contributed by atoms with Gasteiger partial charge < -0.3 is 9.84 Å². The highest BCUT2D eigenvalue weighted by molar-refractivity contribution is 6.02. The molecule has 0 spiro atoms. The molecular formula is C25H40O4. The molecular weight excluding hydrogens is 364 g/mol. The summed E-state index contributed by atoms with van der Waals surface area (Å²) in [6.45, 7) is 8.95. The molecule has 29 heavy (non-hydrogen) atoms. The standard InChI is InChI=1S/C25H40O4/c1-19(2)13-7-5-9-15-21(16-10-6-8-14-20(3)4)29-25(28)23-18-12-11-17-22(23)24(26)27/h11-12,17-21H,5-10,13-16H2,1-4H3,(H,26,27). The topological polar surface area (TPSA) is 63.6 Å². The molecule has 0 aliphatic carbocycles. The predicted molar refractivity (Wildman–Crippen MR) is 118 cm³/mol. The van der Waals surface area contributed by atoms with E-state index in [0.717, 1.165) is 50.4 Å². The van der Waals surface area contributed by atoms with Gasteiger partial charge in [-0.3, -0.25) is 0 Å². The van der Waals surface area contributed by atoms with Crippen LogP contribution in [0, 0.1) is 11.8 Å². The van der Waals surface area contributed by atoms with Crippen molar-refractivity contribution in [1.29, 1.82) is 0 Å². The van der Waals surface area contributed by atoms with Gasteiger partial charge in [-0.05, 0) is 49.7 Å². The maximum Gasteiger partial charge on any atom is 0.339 e. The summed E-state index contributed by atoms with van der Waals surface area (Å²) < 4.78 is 5.78. The Morgan fingerprint density at radius 3 is 1.66 bits per heavy atom. The molecule has 0 fully saturated rings. The van der Waals surface area contributed by atoms with E-state index in [0.29, 0.717) is 0 Å². The van der Waals surface area contributed by atoms with Crippen LogP contribution in [0.5, 0.6) is 0 Å². The van der Waals surface area contributed by atoms with Crippen LogP contribution < -0.4 is 0 Å². The second-order valence-corrected chi connectivity index (χ2v) is 8.94. The van der Waals surface area contributed by atoms with Gasteiger partial charge in [-0.25, -0.2) is 9.59 Å². The average Bonchev–Trinajstić information content (AvgIpc) is 2.66. The van der Waals surface area contributed by atoms with E-state index in [1.165, 1.54) is 37.8 Å². The number of esters is 1. The van der Waals surface area contributed by atoms with Crippen molar-refractivity contribution < 1.29 is 19.4 Å². The number of carbonyl (C=O) groups is 2. The Hall–Kier alpha value is -1.84. The molecule has 164 valence electrons. The lowest BCUT2D eigenvalue weighted by atomic mass is 9.99. The third-order valence-corrected chi connectivity index (χ3v) is 5.27. The number of hydrogen-bond donors (Lipinski definition) is 1. The van der Waals surface area contributed by atoms with Crippen LogP contribution in [-0.2, 0) is 4.74 Å². The largest absolute Gasteiger partial charge is 0.478 e. The van der Waals surface area contributed by atoms with E-state index in [9.17, 15) is 14.7 Å². The van der Waals surface area contributed by atoms with E-state index in [-0.39, 0.29) is 17.2 Å². The maximum absolute atomic E-state index is 12.7. The zero-order valence-corrected chi connectivity index (χ0v) is 18.8. The molecule has 1 aromatic rings. The number of ether oxygens (including phenoxy) is 1. The van der Waals surface area contributed by atoms with E-state index in [1.54, 1.807) is 12.1 Å². The molecule has 0 aliphatic heterocycles. The van der Waals surface area contributed by atoms with Gasteiger partial charge in [0.25, 0.3) is 0 Å². The van der Waals surface area contributed by atoms with E-state index < -0.39 is 11.9 Å². The number of aromatic carboxylic acids is 1. The summed E-state index contributed by atoms with van der Waals surface area (Å²) in [5.74, 6) is -0.178. The zero-order chi connectivity index (χ0) is 21.6. The normalized spacial score (nSPS) is 11.4. The molecule has 0 saturated carbocycles. The predicted octanol–water partition coefficient (Wildman–Crippen LogP) is 7.12. The van der Waals surface area contributed by atoms with Crippen LogP contribution in [0.3, 0.4) is 0 Å². The quantitative estimate of drug-likeness (QED) is 0.249. The molecule has 4 heteroatoms. The Morgan fingerprint density at radius 1 is 0.759 bits per heavy atom. The van der Waals surface area contributed by atoms with Crippen LogP contribution in [-0.4, -0.2) is 23.1 Å². The van der Waals surface area contributed by atoms with Crippen molar-refractivity contribution in [3.63, 3.8) is 0 Å². The fourth-order valence-corrected chi connectivity index (χ4v) is 3.53. The zero-order valence-electron chi connectivity index (χ0n) is 18.8. The first-order chi connectivity index (χ1) is 13.8. The highest BCUT2D eigenvalue weighted by atomic mass is 16.5. The number of carboxylic acid groups (broad SMARTS) is 1. The molecule has 1 N–H and O–H groups in total. The average molecular weight is 405 g/mol. The molecule has 0 atom stereocenters. The summed E-state index contributed by atoms with van der Waals surface area (Å²) >= 11 is 0. The van der Waals surface area contributed by atoms with Crippen LogP contribution in [0.25, 0.3) is 0 Å². The van der Waals surface area contributed by atoms with Crippen LogP contribution in [0.4, 0.5) is 0 Å². The lowest BCUT2D eigenvalue weighted by molar-refractivity contribution is 0.0244. The fourth-order valence-electron chi connectivity index (χ4n) is 3.53. The van der Waals surface area contributed by atoms with Crippen molar-refractivity contribution in [3.8, 4) is 0 Å². The van der Waals surface area contributed by atoms with Gasteiger partial charge >= 0.3 is 11.9 Å². The molecule has 0 radical (unpaired) electrons. The summed E-state index contributed by atoms with van der Waals surface area (Å²) in [6.07, 6.45) is 10.8. The highest BCUT2D eigenvalue weighted by Crippen LogP contribution is 2.20. The van der Waals surface area contributed by atoms with Crippen molar-refractivity contribution in [2.75, 3.05) is 0 Å². The van der Waals surface area contributed by atoms with Crippen LogP contribution in [0.1, 0.15) is 113 Å². The van der Waals surface area contributed by atoms with Gasteiger partial charge in [0.2, 0.25) is 0 Å². The molecule has 4 nitrogen and oxygen atoms in total. The van der Waals surface area contributed by atoms with E-state index in [2.05, 4.69) is 27.7 Å². The Kier molecular flexibility index (Phi) is 12.3. The summed E-state index contributed by atoms with van der Waals surface area (Å²) in [5, 5.41) is 9.33. The van der Waals surface area contributed by atoms with Gasteiger partial charge in [0.1, 0.15) is 6.10 Å². The third kappa shape index (κ3) is 11.1. The highest BCUT2D eigenvalue weighted by Gasteiger charge is 2.21. The van der Waals surface area contributed by atoms with Crippen LogP contribution in [0.2, 0.25) is 0 Å². The smallest absolute Gasteiger partial charge is 0.339 e. The Labute approximate surface area is 177 Å². The molecule has 0 unspecified atom stereocenters. The third-order valence-electron chi connectivity index (χ3n) is 5.27. The van der Waals surface area contributed by atoms with Crippen LogP contribution >= 0.6 is 0 Å². The molecule has 0 aliphatic rings. The molecule has 0 amide bonds. The van der Waals surface area contributed by atoms with Crippen molar-refractivity contribution in [3.05, 3.63) is 35.4 Å². The minimum absolute atomic E-state index is 0.00474. The summed E-state index contributed by atoms with van der Waals surface area (Å²) in [4.78, 5) is 24.1. The SMILES string of the molecule is CC(C)CCCCCC(CCCCCC(C)C)OC(=O)c1ccccc1C(=O)O. The van der Waals surface area contributed by atoms with Gasteiger partial charge in [0.15, 0.2) is 0 Å². The summed E-state index contributed by atoms with van der Waals surface area (Å²) in [7, 11) is 0. The first-order valence-electron chi connectivity index (χ1n) is 11.3. The first kappa shape index (κ1) is 25.2. The van der Waals surface area contributed by atoms with Gasteiger partial charge in [-0.1, -0.05) is 78.4 Å². The van der Waals surface area contributed by atoms with Gasteiger partial charge in [0, 0.05) is 0 Å². The Balaban J connectivity index is 2.61. The summed E-state index contributed by atoms with van der Waals surface area (Å²) in [6, 6.07) is 6.29. The molecule has 0 aromatic heterocycles. The van der Waals surface area contributed by atoms with E-state index in [1.807, 2.05) is 0 Å². The molecule has 0 heterocycles. The van der Waals surface area contributed by atoms with Gasteiger partial charge in [0.05, 0.1) is 11.1 Å². The minimum Gasteiger partial charge on any atom is -0.478 e. The van der Waals surface area contributed by atoms with Crippen LogP contribution in [0.15, 0.2) is 24.3 Å². The van der Waals surface area contributed by atoms with Crippen molar-refractivity contribution in [2.45, 2.75) is 98.0 Å². The minimum atomic E-state index is -1.10. The molecule has 0 saturated heterocycles. The van der Waals surface area contributed by atoms with Crippen molar-refractivity contribution in [2.24, 2.45) is 11.8 Å². The number of carboxylic acids is 1. The molecule has 0 bridgehead atoms. The Bertz CT molecular complexity index is 589. The number of benzene rings is 1. The van der Waals surface area contributed by atoms with Gasteiger partial charge in [-0.15, -0.1) is 0 Å². The van der Waals surface area contributed by atoms with E-state index in [4.69, 9.17) is 4.74 Å². The van der Waals surface area contributed by atoms with Gasteiger partial charge in [-0.2, -0.15) is 0 Å². The lowest BCUT2D eigenvalue weighted by Gasteiger charge is -2.19. The maximum atomic E-state index is 12.7. The molecule has 1 aromatic carbocycles. The van der Waals surface area contributed by atoms with E-state index >= 15 is 0 Å². The summed E-state index contributed by atoms with van der Waals surface area (Å²) in [5.41, 5.74) is 0.148. The fraction of sp³-hybridized carbons (Fsp3) is 0.680. The second-order valence-electron chi connectivity index (χ2n) is 8.94. The number of rotatable bonds is 15. The number of hydrogen-bond acceptors (Lipinski definition) is 3. The van der Waals surface area contributed by atoms with Crippen molar-refractivity contribution in [1.82, 2.24) is 0 Å². The number of unbranched alkanes of at least 4 members (excludes halogenated alkanes) is 4. The van der Waals surface area contributed by atoms with Crippen molar-refractivity contribution >= 4 is 11.9 Å². The Morgan fingerprint density at radius 2 is 1.21 bits per heavy atom. The second kappa shape index (κ2) is 14.2. The number of carbonyl (C=O) groups excluding carboxylic acids is 1.